The maximum atomic E-state index is 12.7. The highest BCUT2D eigenvalue weighted by Crippen LogP contribution is 2.25. The maximum absolute atomic E-state index is 12.7. The number of nitrogens with one attached hydrogen (secondary N) is 1. The number of nitro benzene ring substituents is 1. The first kappa shape index (κ1) is 21.1. The Morgan fingerprint density at radius 1 is 1.03 bits per heavy atom. The molecule has 4 rings (SSSR count). The van der Waals surface area contributed by atoms with Crippen molar-refractivity contribution in [2.24, 2.45) is 0 Å². The third kappa shape index (κ3) is 4.60. The zero-order chi connectivity index (χ0) is 22.7. The molecule has 3 amide bonds. The van der Waals surface area contributed by atoms with Crippen LogP contribution in [0.3, 0.4) is 0 Å². The largest absolute Gasteiger partial charge is 0.489 e. The lowest BCUT2D eigenvalue weighted by atomic mass is 10.1. The number of non-ortho nitro benzene ring substituents is 1. The third-order valence-electron chi connectivity index (χ3n) is 4.66. The van der Waals surface area contributed by atoms with Gasteiger partial charge in [-0.3, -0.25) is 14.9 Å². The van der Waals surface area contributed by atoms with Gasteiger partial charge in [0.25, 0.3) is 11.6 Å². The number of ether oxygens (including phenoxy) is 1. The normalized spacial score (nSPS) is 14.5. The summed E-state index contributed by atoms with van der Waals surface area (Å²) >= 11 is 5.96. The van der Waals surface area contributed by atoms with Gasteiger partial charge in [-0.2, -0.15) is 0 Å². The Kier molecular flexibility index (Phi) is 5.87. The average molecular weight is 450 g/mol. The predicted octanol–water partition coefficient (Wildman–Crippen LogP) is 4.92. The van der Waals surface area contributed by atoms with Crippen LogP contribution in [0.5, 0.6) is 5.75 Å². The van der Waals surface area contributed by atoms with Gasteiger partial charge in [0, 0.05) is 17.2 Å². The fourth-order valence-corrected chi connectivity index (χ4v) is 3.32. The van der Waals surface area contributed by atoms with Crippen molar-refractivity contribution in [2.75, 3.05) is 4.90 Å². The lowest BCUT2D eigenvalue weighted by Gasteiger charge is -2.11. The second kappa shape index (κ2) is 8.91. The van der Waals surface area contributed by atoms with Crippen molar-refractivity contribution in [3.05, 3.63) is 105 Å². The highest BCUT2D eigenvalue weighted by molar-refractivity contribution is 6.32. The number of hydrogen-bond acceptors (Lipinski definition) is 5. The standard InChI is InChI=1S/C23H16ClN3O5/c24-17-4-2-5-18(13-17)26-22(28)21(25-23(26)29)12-15-7-9-20(10-8-15)32-14-16-3-1-6-19(11-16)27(30)31/h1-13H,14H2,(H,25,29). The van der Waals surface area contributed by atoms with E-state index >= 15 is 0 Å². The smallest absolute Gasteiger partial charge is 0.333 e. The minimum absolute atomic E-state index is 0.00293. The molecule has 3 aromatic carbocycles. The number of nitro groups is 1. The first-order chi connectivity index (χ1) is 15.4. The van der Waals surface area contributed by atoms with E-state index in [1.54, 1.807) is 60.7 Å². The number of amides is 3. The van der Waals surface area contributed by atoms with Crippen LogP contribution in [-0.2, 0) is 11.4 Å². The van der Waals surface area contributed by atoms with Crippen LogP contribution in [0, 0.1) is 10.1 Å². The molecule has 0 atom stereocenters. The van der Waals surface area contributed by atoms with E-state index in [1.165, 1.54) is 18.2 Å². The third-order valence-corrected chi connectivity index (χ3v) is 4.90. The monoisotopic (exact) mass is 449 g/mol. The predicted molar refractivity (Wildman–Crippen MR) is 119 cm³/mol. The molecule has 0 saturated carbocycles. The molecule has 0 spiro atoms. The Labute approximate surface area is 187 Å². The maximum Gasteiger partial charge on any atom is 0.333 e. The molecule has 160 valence electrons. The number of hydrogen-bond donors (Lipinski definition) is 1. The van der Waals surface area contributed by atoms with Gasteiger partial charge in [0.2, 0.25) is 0 Å². The van der Waals surface area contributed by atoms with E-state index in [0.717, 1.165) is 4.90 Å². The van der Waals surface area contributed by atoms with Crippen molar-refractivity contribution in [2.45, 2.75) is 6.61 Å². The Hall–Kier alpha value is -4.17. The lowest BCUT2D eigenvalue weighted by Crippen LogP contribution is -2.30. The number of carbonyl (C=O) groups is 2. The number of halogens is 1. The van der Waals surface area contributed by atoms with Crippen molar-refractivity contribution in [3.8, 4) is 5.75 Å². The summed E-state index contributed by atoms with van der Waals surface area (Å²) in [5, 5.41) is 13.8. The molecule has 0 unspecified atom stereocenters. The molecule has 1 saturated heterocycles. The molecule has 1 fully saturated rings. The molecule has 1 aliphatic heterocycles. The van der Waals surface area contributed by atoms with Gasteiger partial charge >= 0.3 is 6.03 Å². The van der Waals surface area contributed by atoms with Gasteiger partial charge in [0.1, 0.15) is 18.1 Å². The Morgan fingerprint density at radius 2 is 1.78 bits per heavy atom. The van der Waals surface area contributed by atoms with Gasteiger partial charge in [-0.1, -0.05) is 41.9 Å². The number of nitrogens with zero attached hydrogens (tertiary/aromatic N) is 2. The molecule has 0 aliphatic carbocycles. The number of benzene rings is 3. The van der Waals surface area contributed by atoms with Crippen molar-refractivity contribution < 1.29 is 19.2 Å². The quantitative estimate of drug-likeness (QED) is 0.249. The van der Waals surface area contributed by atoms with Crippen LogP contribution in [0.1, 0.15) is 11.1 Å². The van der Waals surface area contributed by atoms with Crippen LogP contribution in [0.2, 0.25) is 5.02 Å². The first-order valence-corrected chi connectivity index (χ1v) is 9.87. The molecule has 1 N–H and O–H groups in total. The fourth-order valence-electron chi connectivity index (χ4n) is 3.14. The molecule has 32 heavy (non-hydrogen) atoms. The number of imide groups is 1. The van der Waals surface area contributed by atoms with Crippen molar-refractivity contribution >= 4 is 41.0 Å². The van der Waals surface area contributed by atoms with Crippen LogP contribution >= 0.6 is 11.6 Å². The molecule has 1 aliphatic rings. The summed E-state index contributed by atoms with van der Waals surface area (Å²) < 4.78 is 5.68. The summed E-state index contributed by atoms with van der Waals surface area (Å²) in [7, 11) is 0. The number of carbonyl (C=O) groups excluding carboxylic acids is 2. The molecule has 0 aromatic heterocycles. The summed E-state index contributed by atoms with van der Waals surface area (Å²) in [6, 6.07) is 19.0. The molecule has 0 radical (unpaired) electrons. The summed E-state index contributed by atoms with van der Waals surface area (Å²) in [4.78, 5) is 36.4. The minimum Gasteiger partial charge on any atom is -0.489 e. The molecule has 9 heteroatoms. The second-order valence-corrected chi connectivity index (χ2v) is 7.33. The SMILES string of the molecule is O=C1NC(=Cc2ccc(OCc3cccc([N+](=O)[O-])c3)cc2)C(=O)N1c1cccc(Cl)c1. The molecule has 3 aromatic rings. The topological polar surface area (TPSA) is 102 Å². The van der Waals surface area contributed by atoms with E-state index in [4.69, 9.17) is 16.3 Å². The molecule has 1 heterocycles. The summed E-state index contributed by atoms with van der Waals surface area (Å²) in [5.74, 6) is 0.0734. The average Bonchev–Trinajstić information content (AvgIpc) is 3.06. The number of anilines is 1. The summed E-state index contributed by atoms with van der Waals surface area (Å²) in [6.45, 7) is 0.172. The van der Waals surface area contributed by atoms with Gasteiger partial charge in [0.05, 0.1) is 10.6 Å². The van der Waals surface area contributed by atoms with Crippen molar-refractivity contribution in [3.63, 3.8) is 0 Å². The van der Waals surface area contributed by atoms with Gasteiger partial charge in [0.15, 0.2) is 0 Å². The second-order valence-electron chi connectivity index (χ2n) is 6.89. The number of rotatable bonds is 6. The molecule has 0 bridgehead atoms. The van der Waals surface area contributed by atoms with Gasteiger partial charge < -0.3 is 10.1 Å². The van der Waals surface area contributed by atoms with Gasteiger partial charge in [-0.05, 0) is 47.5 Å². The zero-order valence-electron chi connectivity index (χ0n) is 16.5. The summed E-state index contributed by atoms with van der Waals surface area (Å²) in [6.07, 6.45) is 1.56. The lowest BCUT2D eigenvalue weighted by molar-refractivity contribution is -0.384. The van der Waals surface area contributed by atoms with Crippen LogP contribution < -0.4 is 15.0 Å². The van der Waals surface area contributed by atoms with E-state index in [2.05, 4.69) is 5.32 Å². The Balaban J connectivity index is 1.44. The van der Waals surface area contributed by atoms with Crippen LogP contribution in [-0.4, -0.2) is 16.9 Å². The highest BCUT2D eigenvalue weighted by Gasteiger charge is 2.34. The number of urea groups is 1. The van der Waals surface area contributed by atoms with E-state index in [9.17, 15) is 19.7 Å². The van der Waals surface area contributed by atoms with E-state index in [-0.39, 0.29) is 18.0 Å². The molecular weight excluding hydrogens is 434 g/mol. The van der Waals surface area contributed by atoms with Crippen LogP contribution in [0.15, 0.2) is 78.5 Å². The van der Waals surface area contributed by atoms with Gasteiger partial charge in [-0.25, -0.2) is 9.69 Å². The van der Waals surface area contributed by atoms with Crippen LogP contribution in [0.25, 0.3) is 6.08 Å². The van der Waals surface area contributed by atoms with E-state index in [0.29, 0.717) is 27.6 Å². The van der Waals surface area contributed by atoms with Crippen molar-refractivity contribution in [1.29, 1.82) is 0 Å². The van der Waals surface area contributed by atoms with Gasteiger partial charge in [-0.15, -0.1) is 0 Å². The van der Waals surface area contributed by atoms with E-state index in [1.807, 2.05) is 0 Å². The van der Waals surface area contributed by atoms with E-state index < -0.39 is 16.9 Å². The Bertz CT molecular complexity index is 1240. The first-order valence-electron chi connectivity index (χ1n) is 9.49. The minimum atomic E-state index is -0.555. The van der Waals surface area contributed by atoms with Crippen molar-refractivity contribution in [1.82, 2.24) is 5.32 Å². The molecular formula is C23H16ClN3O5. The Morgan fingerprint density at radius 3 is 2.50 bits per heavy atom. The summed E-state index contributed by atoms with van der Waals surface area (Å²) in [5.41, 5.74) is 1.88. The fraction of sp³-hybridized carbons (Fsp3) is 0.0435. The van der Waals surface area contributed by atoms with Crippen LogP contribution in [0.4, 0.5) is 16.2 Å². The molecule has 8 nitrogen and oxygen atoms in total. The highest BCUT2D eigenvalue weighted by atomic mass is 35.5. The zero-order valence-corrected chi connectivity index (χ0v) is 17.3.